The van der Waals surface area contributed by atoms with Crippen LogP contribution >= 0.6 is 0 Å². The minimum absolute atomic E-state index is 0.115. The smallest absolute Gasteiger partial charge is 0.384 e. The molecule has 0 saturated heterocycles. The fourth-order valence-electron chi connectivity index (χ4n) is 2.60. The van der Waals surface area contributed by atoms with Gasteiger partial charge in [-0.2, -0.15) is 18.2 Å². The topological polar surface area (TPSA) is 99.7 Å². The second-order valence-electron chi connectivity index (χ2n) is 5.98. The van der Waals surface area contributed by atoms with Gasteiger partial charge in [0, 0.05) is 34.9 Å². The lowest BCUT2D eigenvalue weighted by molar-refractivity contribution is -0.137. The zero-order valence-electron chi connectivity index (χ0n) is 14.8. The fourth-order valence-corrected chi connectivity index (χ4v) is 2.60. The number of nitrogen functional groups attached to an aromatic ring is 1. The highest BCUT2D eigenvalue weighted by molar-refractivity contribution is 6.22. The van der Waals surface area contributed by atoms with Crippen LogP contribution in [0.1, 0.15) is 18.2 Å². The van der Waals surface area contributed by atoms with E-state index in [0.29, 0.717) is 22.7 Å². The van der Waals surface area contributed by atoms with Crippen LogP contribution in [0.3, 0.4) is 0 Å². The minimum Gasteiger partial charge on any atom is -0.384 e. The van der Waals surface area contributed by atoms with Crippen LogP contribution < -0.4 is 16.4 Å². The summed E-state index contributed by atoms with van der Waals surface area (Å²) in [6.07, 6.45) is 2.75. The van der Waals surface area contributed by atoms with E-state index >= 15 is 0 Å². The molecule has 28 heavy (non-hydrogen) atoms. The van der Waals surface area contributed by atoms with Crippen molar-refractivity contribution in [2.24, 2.45) is 0 Å². The van der Waals surface area contributed by atoms with Crippen LogP contribution in [0.2, 0.25) is 0 Å². The van der Waals surface area contributed by atoms with Gasteiger partial charge in [-0.05, 0) is 43.3 Å². The van der Waals surface area contributed by atoms with Crippen molar-refractivity contribution in [1.82, 2.24) is 15.3 Å². The molecule has 2 aromatic rings. The first-order valence-corrected chi connectivity index (χ1v) is 8.23. The predicted molar refractivity (Wildman–Crippen MR) is 103 cm³/mol. The van der Waals surface area contributed by atoms with Gasteiger partial charge in [0.25, 0.3) is 0 Å². The molecule has 3 rings (SSSR count). The first-order valence-electron chi connectivity index (χ1n) is 8.23. The Kier molecular flexibility index (Phi) is 5.16. The number of alkyl halides is 3. The van der Waals surface area contributed by atoms with Gasteiger partial charge in [0.1, 0.15) is 5.82 Å². The Balaban J connectivity index is 1.94. The monoisotopic (exact) mass is 386 g/mol. The number of hydrogen-bond acceptors (Lipinski definition) is 6. The van der Waals surface area contributed by atoms with Crippen LogP contribution in [-0.2, 0) is 6.18 Å². The molecular weight excluding hydrogens is 369 g/mol. The molecule has 1 aromatic carbocycles. The molecule has 0 amide bonds. The number of hydrogen-bond donors (Lipinski definition) is 4. The number of halogens is 3. The quantitative estimate of drug-likeness (QED) is 0.589. The Labute approximate surface area is 159 Å². The van der Waals surface area contributed by atoms with Gasteiger partial charge in [-0.1, -0.05) is 6.08 Å². The lowest BCUT2D eigenvalue weighted by Crippen LogP contribution is -2.13. The molecule has 0 bridgehead atoms. The van der Waals surface area contributed by atoms with E-state index < -0.39 is 11.7 Å². The second-order valence-corrected chi connectivity index (χ2v) is 5.98. The summed E-state index contributed by atoms with van der Waals surface area (Å²) in [7, 11) is 0. The second kappa shape index (κ2) is 7.55. The first kappa shape index (κ1) is 19.2. The van der Waals surface area contributed by atoms with E-state index in [2.05, 4.69) is 20.6 Å². The maximum absolute atomic E-state index is 12.7. The Morgan fingerprint density at radius 1 is 1.14 bits per heavy atom. The Morgan fingerprint density at radius 2 is 1.86 bits per heavy atom. The molecular formula is C19H17F3N6. The molecule has 0 saturated carbocycles. The number of allylic oxidation sites excluding steroid dienone is 4. The van der Waals surface area contributed by atoms with Crippen molar-refractivity contribution in [2.75, 3.05) is 11.1 Å². The van der Waals surface area contributed by atoms with Crippen LogP contribution in [-0.4, -0.2) is 15.7 Å². The summed E-state index contributed by atoms with van der Waals surface area (Å²) >= 11 is 0. The van der Waals surface area contributed by atoms with Gasteiger partial charge in [-0.15, -0.1) is 0 Å². The van der Waals surface area contributed by atoms with E-state index in [-0.39, 0.29) is 17.5 Å². The molecule has 9 heteroatoms. The maximum Gasteiger partial charge on any atom is 0.416 e. The molecule has 0 unspecified atom stereocenters. The van der Waals surface area contributed by atoms with Crippen molar-refractivity contribution in [2.45, 2.75) is 13.1 Å². The Hall–Kier alpha value is -3.62. The summed E-state index contributed by atoms with van der Waals surface area (Å²) in [6, 6.07) is 6.03. The van der Waals surface area contributed by atoms with Gasteiger partial charge in [-0.25, -0.2) is 4.98 Å². The van der Waals surface area contributed by atoms with E-state index in [1.54, 1.807) is 19.2 Å². The van der Waals surface area contributed by atoms with E-state index in [4.69, 9.17) is 11.1 Å². The lowest BCUT2D eigenvalue weighted by atomic mass is 10.0. The molecule has 1 aromatic heterocycles. The highest BCUT2D eigenvalue weighted by atomic mass is 19.4. The largest absolute Gasteiger partial charge is 0.416 e. The number of nitrogens with one attached hydrogen (secondary N) is 3. The summed E-state index contributed by atoms with van der Waals surface area (Å²) in [5.41, 5.74) is 7.39. The Bertz CT molecular complexity index is 988. The van der Waals surface area contributed by atoms with Gasteiger partial charge >= 0.3 is 6.18 Å². The van der Waals surface area contributed by atoms with Crippen molar-refractivity contribution in [1.29, 1.82) is 5.41 Å². The molecule has 5 N–H and O–H groups in total. The highest BCUT2D eigenvalue weighted by Crippen LogP contribution is 2.30. The average molecular weight is 386 g/mol. The number of rotatable bonds is 4. The van der Waals surface area contributed by atoms with Crippen molar-refractivity contribution >= 4 is 28.7 Å². The number of benzene rings is 1. The molecule has 0 radical (unpaired) electrons. The molecule has 0 fully saturated rings. The van der Waals surface area contributed by atoms with Crippen LogP contribution in [0.15, 0.2) is 60.5 Å². The number of dihydropyridines is 1. The van der Waals surface area contributed by atoms with Crippen molar-refractivity contribution < 1.29 is 13.2 Å². The summed E-state index contributed by atoms with van der Waals surface area (Å²) in [4.78, 5) is 8.45. The normalized spacial score (nSPS) is 15.1. The number of aromatic nitrogens is 2. The van der Waals surface area contributed by atoms with E-state index in [1.165, 1.54) is 18.2 Å². The molecule has 0 spiro atoms. The van der Waals surface area contributed by atoms with Crippen LogP contribution in [0.5, 0.6) is 0 Å². The standard InChI is InChI=1S/C19H17F3N6/c1-11(23)17(14-4-2-3-9-25-14)15-10-16(24)28-18(27-15)26-13-7-5-12(6-8-13)19(20,21)22/h2-10,23,25H,1H3,(H3,24,26,27,28)/b17-14+,23-11?. The third kappa shape index (κ3) is 4.37. The first-order chi connectivity index (χ1) is 13.2. The molecule has 1 aliphatic heterocycles. The van der Waals surface area contributed by atoms with Crippen molar-refractivity contribution in [3.63, 3.8) is 0 Å². The number of anilines is 3. The summed E-state index contributed by atoms with van der Waals surface area (Å²) in [5.74, 6) is 0.276. The predicted octanol–water partition coefficient (Wildman–Crippen LogP) is 4.25. The molecule has 2 heterocycles. The fraction of sp³-hybridized carbons (Fsp3) is 0.105. The summed E-state index contributed by atoms with van der Waals surface area (Å²) < 4.78 is 38.1. The molecule has 1 aliphatic rings. The van der Waals surface area contributed by atoms with E-state index in [9.17, 15) is 13.2 Å². The van der Waals surface area contributed by atoms with Crippen LogP contribution in [0.4, 0.5) is 30.6 Å². The highest BCUT2D eigenvalue weighted by Gasteiger charge is 2.30. The van der Waals surface area contributed by atoms with E-state index in [0.717, 1.165) is 12.1 Å². The minimum atomic E-state index is -4.41. The van der Waals surface area contributed by atoms with E-state index in [1.807, 2.05) is 12.2 Å². The van der Waals surface area contributed by atoms with Crippen molar-refractivity contribution in [3.05, 3.63) is 71.7 Å². The Morgan fingerprint density at radius 3 is 2.43 bits per heavy atom. The SMILES string of the molecule is CC(=N)/C(=C1/C=CC=CN1)c1cc(N)nc(Nc2ccc(C(F)(F)F)cc2)n1. The molecule has 0 aliphatic carbocycles. The molecule has 144 valence electrons. The molecule has 0 atom stereocenters. The van der Waals surface area contributed by atoms with Gasteiger partial charge in [0.15, 0.2) is 0 Å². The van der Waals surface area contributed by atoms with Crippen LogP contribution in [0.25, 0.3) is 5.57 Å². The maximum atomic E-state index is 12.7. The third-order valence-corrected chi connectivity index (χ3v) is 3.82. The van der Waals surface area contributed by atoms with Gasteiger partial charge in [-0.3, -0.25) is 0 Å². The van der Waals surface area contributed by atoms with Gasteiger partial charge in [0.2, 0.25) is 5.95 Å². The summed E-state index contributed by atoms with van der Waals surface area (Å²) in [5, 5.41) is 14.0. The molecule has 6 nitrogen and oxygen atoms in total. The lowest BCUT2D eigenvalue weighted by Gasteiger charge is -2.15. The van der Waals surface area contributed by atoms with Crippen LogP contribution in [0, 0.1) is 5.41 Å². The average Bonchev–Trinajstić information content (AvgIpc) is 2.62. The third-order valence-electron chi connectivity index (χ3n) is 3.82. The number of nitrogens with zero attached hydrogens (tertiary/aromatic N) is 2. The zero-order valence-corrected chi connectivity index (χ0v) is 14.8. The summed E-state index contributed by atoms with van der Waals surface area (Å²) in [6.45, 7) is 1.62. The zero-order chi connectivity index (χ0) is 20.3. The van der Waals surface area contributed by atoms with Crippen molar-refractivity contribution in [3.8, 4) is 0 Å². The number of nitrogens with two attached hydrogens (primary N) is 1. The van der Waals surface area contributed by atoms with Gasteiger partial charge in [0.05, 0.1) is 11.3 Å². The van der Waals surface area contributed by atoms with Gasteiger partial charge < -0.3 is 21.8 Å².